The van der Waals surface area contributed by atoms with Crippen molar-refractivity contribution in [1.29, 1.82) is 0 Å². The number of aromatic nitrogens is 1. The molecule has 0 N–H and O–H groups in total. The van der Waals surface area contributed by atoms with Gasteiger partial charge in [0.05, 0.1) is 6.54 Å². The molecule has 0 saturated carbocycles. The van der Waals surface area contributed by atoms with Gasteiger partial charge in [0.25, 0.3) is 0 Å². The molecule has 2 heterocycles. The molecule has 2 rings (SSSR count). The van der Waals surface area contributed by atoms with Crippen molar-refractivity contribution in [3.8, 4) is 0 Å². The third-order valence-corrected chi connectivity index (χ3v) is 3.80. The number of piperidine rings is 1. The molecule has 0 spiro atoms. The van der Waals surface area contributed by atoms with Crippen LogP contribution in [-0.4, -0.2) is 21.7 Å². The maximum Gasteiger partial charge on any atom is 0.230 e. The van der Waals surface area contributed by atoms with Gasteiger partial charge in [-0.1, -0.05) is 25.4 Å². The average Bonchev–Trinajstić information content (AvgIpc) is 2.56. The minimum Gasteiger partial charge on any atom is -0.277 e. The van der Waals surface area contributed by atoms with E-state index in [1.54, 1.807) is 6.20 Å². The highest BCUT2D eigenvalue weighted by Crippen LogP contribution is 2.32. The van der Waals surface area contributed by atoms with Gasteiger partial charge < -0.3 is 0 Å². The van der Waals surface area contributed by atoms with Gasteiger partial charge in [0.2, 0.25) is 11.8 Å². The number of thiazole rings is 1. The second-order valence-electron chi connectivity index (χ2n) is 4.97. The maximum atomic E-state index is 11.9. The molecule has 1 fully saturated rings. The molecule has 0 aliphatic carbocycles. The zero-order valence-electron chi connectivity index (χ0n) is 9.70. The first-order valence-corrected chi connectivity index (χ1v) is 6.50. The van der Waals surface area contributed by atoms with Gasteiger partial charge in [-0.2, -0.15) is 0 Å². The summed E-state index contributed by atoms with van der Waals surface area (Å²) in [5.74, 6) is -0.230. The molecule has 1 aromatic rings. The Morgan fingerprint density at radius 3 is 2.47 bits per heavy atom. The van der Waals surface area contributed by atoms with Gasteiger partial charge in [-0.15, -0.1) is 11.3 Å². The molecule has 0 aromatic carbocycles. The first-order chi connectivity index (χ1) is 7.87. The Morgan fingerprint density at radius 1 is 1.41 bits per heavy atom. The van der Waals surface area contributed by atoms with Gasteiger partial charge in [-0.25, -0.2) is 4.98 Å². The SMILES string of the molecule is CC1(C)CC(=O)N(Cc2cnc(Cl)s2)C(=O)C1. The van der Waals surface area contributed by atoms with Crippen LogP contribution < -0.4 is 0 Å². The lowest BCUT2D eigenvalue weighted by atomic mass is 9.82. The van der Waals surface area contributed by atoms with E-state index in [2.05, 4.69) is 4.98 Å². The fourth-order valence-electron chi connectivity index (χ4n) is 1.90. The molecule has 0 radical (unpaired) electrons. The first-order valence-electron chi connectivity index (χ1n) is 5.31. The summed E-state index contributed by atoms with van der Waals surface area (Å²) in [6.45, 7) is 4.16. The highest BCUT2D eigenvalue weighted by molar-refractivity contribution is 7.15. The molecule has 4 nitrogen and oxygen atoms in total. The van der Waals surface area contributed by atoms with Crippen molar-refractivity contribution in [3.63, 3.8) is 0 Å². The van der Waals surface area contributed by atoms with Crippen LogP contribution in [0.1, 0.15) is 31.6 Å². The number of hydrogen-bond acceptors (Lipinski definition) is 4. The molecule has 1 aliphatic heterocycles. The zero-order valence-corrected chi connectivity index (χ0v) is 11.3. The van der Waals surface area contributed by atoms with Crippen molar-refractivity contribution in [2.75, 3.05) is 0 Å². The number of nitrogens with zero attached hydrogens (tertiary/aromatic N) is 2. The number of rotatable bonds is 2. The van der Waals surface area contributed by atoms with Gasteiger partial charge in [-0.05, 0) is 5.41 Å². The van der Waals surface area contributed by atoms with E-state index in [1.165, 1.54) is 16.2 Å². The second-order valence-corrected chi connectivity index (χ2v) is 6.67. The van der Waals surface area contributed by atoms with Crippen LogP contribution in [0.15, 0.2) is 6.20 Å². The molecule has 6 heteroatoms. The lowest BCUT2D eigenvalue weighted by Gasteiger charge is -2.34. The Morgan fingerprint density at radius 2 is 2.00 bits per heavy atom. The Labute approximate surface area is 109 Å². The monoisotopic (exact) mass is 272 g/mol. The summed E-state index contributed by atoms with van der Waals surface area (Å²) in [6, 6.07) is 0. The minimum absolute atomic E-state index is 0.115. The first kappa shape index (κ1) is 12.5. The van der Waals surface area contributed by atoms with Crippen LogP contribution in [0.5, 0.6) is 0 Å². The topological polar surface area (TPSA) is 50.3 Å². The quantitative estimate of drug-likeness (QED) is 0.777. The number of carbonyl (C=O) groups excluding carboxylic acids is 2. The van der Waals surface area contributed by atoms with Crippen LogP contribution in [0, 0.1) is 5.41 Å². The standard InChI is InChI=1S/C11H13ClN2O2S/c1-11(2)3-8(15)14(9(16)4-11)6-7-5-13-10(12)17-7/h5H,3-4,6H2,1-2H3. The lowest BCUT2D eigenvalue weighted by Crippen LogP contribution is -2.45. The van der Waals surface area contributed by atoms with Crippen LogP contribution in [0.3, 0.4) is 0 Å². The number of likely N-dealkylation sites (tertiary alicyclic amines) is 1. The third-order valence-electron chi connectivity index (χ3n) is 2.70. The van der Waals surface area contributed by atoms with Crippen molar-refractivity contribution in [1.82, 2.24) is 9.88 Å². The molecule has 0 unspecified atom stereocenters. The van der Waals surface area contributed by atoms with Gasteiger partial charge in [0.15, 0.2) is 4.47 Å². The fourth-order valence-corrected chi connectivity index (χ4v) is 2.87. The van der Waals surface area contributed by atoms with Crippen molar-refractivity contribution in [2.45, 2.75) is 33.2 Å². The summed E-state index contributed by atoms with van der Waals surface area (Å²) in [4.78, 5) is 29.8. The van der Waals surface area contributed by atoms with E-state index in [4.69, 9.17) is 11.6 Å². The highest BCUT2D eigenvalue weighted by atomic mass is 35.5. The number of imide groups is 1. The number of halogens is 1. The number of carbonyl (C=O) groups is 2. The largest absolute Gasteiger partial charge is 0.277 e. The Bertz CT molecular complexity index is 450. The smallest absolute Gasteiger partial charge is 0.230 e. The van der Waals surface area contributed by atoms with Crippen LogP contribution in [0.4, 0.5) is 0 Å². The molecule has 1 saturated heterocycles. The van der Waals surface area contributed by atoms with Gasteiger partial charge in [0.1, 0.15) is 0 Å². The summed E-state index contributed by atoms with van der Waals surface area (Å²) in [7, 11) is 0. The molecule has 92 valence electrons. The van der Waals surface area contributed by atoms with E-state index in [1.807, 2.05) is 13.8 Å². The number of hydrogen-bond donors (Lipinski definition) is 0. The maximum absolute atomic E-state index is 11.9. The Kier molecular flexibility index (Phi) is 3.23. The normalized spacial score (nSPS) is 19.8. The molecule has 17 heavy (non-hydrogen) atoms. The molecule has 0 bridgehead atoms. The summed E-state index contributed by atoms with van der Waals surface area (Å²) < 4.78 is 0.428. The minimum atomic E-state index is -0.226. The van der Waals surface area contributed by atoms with Crippen molar-refractivity contribution < 1.29 is 9.59 Å². The summed E-state index contributed by atoms with van der Waals surface area (Å²) in [6.07, 6.45) is 2.42. The van der Waals surface area contributed by atoms with E-state index in [0.29, 0.717) is 17.3 Å². The van der Waals surface area contributed by atoms with Crippen molar-refractivity contribution in [3.05, 3.63) is 15.5 Å². The second kappa shape index (κ2) is 4.38. The predicted octanol–water partition coefficient (Wildman–Crippen LogP) is 2.47. The van der Waals surface area contributed by atoms with Gasteiger partial charge >= 0.3 is 0 Å². The van der Waals surface area contributed by atoms with E-state index >= 15 is 0 Å². The third kappa shape index (κ3) is 2.84. The van der Waals surface area contributed by atoms with E-state index in [9.17, 15) is 9.59 Å². The van der Waals surface area contributed by atoms with Gasteiger partial charge in [0, 0.05) is 23.9 Å². The van der Waals surface area contributed by atoms with Crippen LogP contribution in [-0.2, 0) is 16.1 Å². The Hall–Kier alpha value is -0.940. The van der Waals surface area contributed by atoms with E-state index in [-0.39, 0.29) is 23.8 Å². The molecule has 2 amide bonds. The Balaban J connectivity index is 2.11. The molecular weight excluding hydrogens is 260 g/mol. The molecule has 1 aromatic heterocycles. The predicted molar refractivity (Wildman–Crippen MR) is 65.7 cm³/mol. The summed E-state index contributed by atoms with van der Waals surface area (Å²) >= 11 is 7.01. The van der Waals surface area contributed by atoms with Crippen LogP contribution in [0.25, 0.3) is 0 Å². The van der Waals surface area contributed by atoms with Crippen molar-refractivity contribution >= 4 is 34.8 Å². The molecular formula is C11H13ClN2O2S. The highest BCUT2D eigenvalue weighted by Gasteiger charge is 2.37. The van der Waals surface area contributed by atoms with Crippen molar-refractivity contribution in [2.24, 2.45) is 5.41 Å². The van der Waals surface area contributed by atoms with Gasteiger partial charge in [-0.3, -0.25) is 14.5 Å². The zero-order chi connectivity index (χ0) is 12.6. The average molecular weight is 273 g/mol. The molecule has 1 aliphatic rings. The van der Waals surface area contributed by atoms with E-state index in [0.717, 1.165) is 4.88 Å². The molecule has 0 atom stereocenters. The summed E-state index contributed by atoms with van der Waals surface area (Å²) in [5, 5.41) is 0. The fraction of sp³-hybridized carbons (Fsp3) is 0.545. The lowest BCUT2D eigenvalue weighted by molar-refractivity contribution is -0.153. The van der Waals surface area contributed by atoms with E-state index < -0.39 is 0 Å². The summed E-state index contributed by atoms with van der Waals surface area (Å²) in [5.41, 5.74) is -0.226. The van der Waals surface area contributed by atoms with Crippen LogP contribution in [0.2, 0.25) is 4.47 Å². The number of amides is 2. The van der Waals surface area contributed by atoms with Crippen LogP contribution >= 0.6 is 22.9 Å².